The lowest BCUT2D eigenvalue weighted by atomic mass is 10.2. The number of nitriles is 1. The Bertz CT molecular complexity index is 1060. The number of carbonyl (C=O) groups is 2. The van der Waals surface area contributed by atoms with E-state index >= 15 is 0 Å². The summed E-state index contributed by atoms with van der Waals surface area (Å²) in [7, 11) is 0. The molecule has 170 valence electrons. The molecule has 0 aliphatic heterocycles. The van der Waals surface area contributed by atoms with Crippen LogP contribution >= 0.6 is 23.1 Å². The van der Waals surface area contributed by atoms with E-state index in [1.807, 2.05) is 20.8 Å². The number of nitrogens with zero attached hydrogens (tertiary/aromatic N) is 5. The van der Waals surface area contributed by atoms with E-state index in [2.05, 4.69) is 26.2 Å². The van der Waals surface area contributed by atoms with Crippen molar-refractivity contribution in [3.05, 3.63) is 16.8 Å². The van der Waals surface area contributed by atoms with Gasteiger partial charge in [0.15, 0.2) is 4.34 Å². The van der Waals surface area contributed by atoms with Crippen molar-refractivity contribution in [2.45, 2.75) is 82.1 Å². The minimum Gasteiger partial charge on any atom is -0.327 e. The van der Waals surface area contributed by atoms with Gasteiger partial charge in [0, 0.05) is 24.2 Å². The van der Waals surface area contributed by atoms with Gasteiger partial charge in [-0.25, -0.2) is 0 Å². The van der Waals surface area contributed by atoms with Crippen molar-refractivity contribution in [3.8, 4) is 6.07 Å². The summed E-state index contributed by atoms with van der Waals surface area (Å²) in [6.45, 7) is 5.81. The zero-order valence-corrected chi connectivity index (χ0v) is 20.3. The lowest BCUT2D eigenvalue weighted by Gasteiger charge is -2.19. The first-order chi connectivity index (χ1) is 15.4. The molecule has 2 aliphatic carbocycles. The molecule has 0 unspecified atom stereocenters. The molecule has 2 aliphatic rings. The quantitative estimate of drug-likeness (QED) is 0.445. The van der Waals surface area contributed by atoms with Crippen LogP contribution in [-0.4, -0.2) is 38.4 Å². The molecule has 0 saturated heterocycles. The highest BCUT2D eigenvalue weighted by Gasteiger charge is 2.35. The summed E-state index contributed by atoms with van der Waals surface area (Å²) >= 11 is 2.65. The Morgan fingerprint density at radius 3 is 2.59 bits per heavy atom. The number of hydrogen-bond donors (Lipinski definition) is 1. The Morgan fingerprint density at radius 1 is 1.25 bits per heavy atom. The summed E-state index contributed by atoms with van der Waals surface area (Å²) in [5.41, 5.74) is 2.52. The summed E-state index contributed by atoms with van der Waals surface area (Å²) in [5, 5.41) is 21.7. The molecule has 2 saturated carbocycles. The minimum atomic E-state index is -0.177. The summed E-state index contributed by atoms with van der Waals surface area (Å²) in [6.07, 6.45) is 6.90. The molecule has 4 rings (SSSR count). The van der Waals surface area contributed by atoms with Gasteiger partial charge in [-0.15, -0.1) is 10.2 Å². The Kier molecular flexibility index (Phi) is 6.86. The van der Waals surface area contributed by atoms with Crippen LogP contribution in [0.25, 0.3) is 0 Å². The molecule has 2 aromatic rings. The molecule has 0 spiro atoms. The number of amides is 2. The molecular weight excluding hydrogens is 444 g/mol. The fraction of sp³-hybridized carbons (Fsp3) is 0.591. The van der Waals surface area contributed by atoms with Gasteiger partial charge in [0.2, 0.25) is 16.9 Å². The molecule has 1 N–H and O–H groups in total. The second-order valence-corrected chi connectivity index (χ2v) is 10.6. The number of hydrogen-bond acceptors (Lipinski definition) is 7. The molecule has 10 heteroatoms. The molecule has 0 bridgehead atoms. The largest absolute Gasteiger partial charge is 0.327 e. The van der Waals surface area contributed by atoms with E-state index in [1.165, 1.54) is 35.9 Å². The fourth-order valence-corrected chi connectivity index (χ4v) is 6.06. The van der Waals surface area contributed by atoms with E-state index in [0.29, 0.717) is 33.3 Å². The topological polar surface area (TPSA) is 104 Å². The van der Waals surface area contributed by atoms with Crippen molar-refractivity contribution in [2.75, 3.05) is 16.0 Å². The van der Waals surface area contributed by atoms with Gasteiger partial charge in [-0.1, -0.05) is 42.9 Å². The maximum absolute atomic E-state index is 12.8. The number of anilines is 2. The maximum atomic E-state index is 12.8. The smallest absolute Gasteiger partial charge is 0.235 e. The van der Waals surface area contributed by atoms with Crippen molar-refractivity contribution in [1.29, 1.82) is 5.26 Å². The molecule has 0 atom stereocenters. The van der Waals surface area contributed by atoms with E-state index in [1.54, 1.807) is 4.90 Å². The van der Waals surface area contributed by atoms with Gasteiger partial charge >= 0.3 is 0 Å². The van der Waals surface area contributed by atoms with Crippen LogP contribution in [0.2, 0.25) is 0 Å². The normalized spacial score (nSPS) is 16.2. The van der Waals surface area contributed by atoms with Crippen molar-refractivity contribution in [3.63, 3.8) is 0 Å². The molecule has 0 aromatic carbocycles. The van der Waals surface area contributed by atoms with Crippen LogP contribution in [-0.2, 0) is 9.59 Å². The van der Waals surface area contributed by atoms with Crippen LogP contribution in [0.3, 0.4) is 0 Å². The second-order valence-electron chi connectivity index (χ2n) is 8.39. The SMILES string of the molecule is CCC(=O)N(c1nnc(SCC(=O)Nc2c(C#N)c(C)c(C)n2C2CCCC2)s1)C1CC1. The predicted octanol–water partition coefficient (Wildman–Crippen LogP) is 4.58. The number of carbonyl (C=O) groups excluding carboxylic acids is 2. The highest BCUT2D eigenvalue weighted by Crippen LogP contribution is 2.38. The van der Waals surface area contributed by atoms with Gasteiger partial charge in [0.1, 0.15) is 11.9 Å². The zero-order valence-electron chi connectivity index (χ0n) is 18.7. The highest BCUT2D eigenvalue weighted by atomic mass is 32.2. The van der Waals surface area contributed by atoms with Gasteiger partial charge in [-0.2, -0.15) is 5.26 Å². The first kappa shape index (κ1) is 22.8. The van der Waals surface area contributed by atoms with E-state index in [4.69, 9.17) is 0 Å². The van der Waals surface area contributed by atoms with Crippen LogP contribution in [0.5, 0.6) is 0 Å². The van der Waals surface area contributed by atoms with Crippen molar-refractivity contribution in [2.24, 2.45) is 0 Å². The van der Waals surface area contributed by atoms with Crippen LogP contribution in [0.4, 0.5) is 10.9 Å². The van der Waals surface area contributed by atoms with Gasteiger partial charge < -0.3 is 9.88 Å². The van der Waals surface area contributed by atoms with E-state index in [-0.39, 0.29) is 23.6 Å². The highest BCUT2D eigenvalue weighted by molar-refractivity contribution is 8.01. The van der Waals surface area contributed by atoms with Crippen LogP contribution in [0.1, 0.15) is 74.7 Å². The van der Waals surface area contributed by atoms with E-state index < -0.39 is 0 Å². The average Bonchev–Trinajstić information content (AvgIpc) is 3.18. The van der Waals surface area contributed by atoms with Crippen molar-refractivity contribution >= 4 is 45.9 Å². The second kappa shape index (κ2) is 9.63. The average molecular weight is 473 g/mol. The minimum absolute atomic E-state index is 0.0559. The lowest BCUT2D eigenvalue weighted by Crippen LogP contribution is -2.32. The summed E-state index contributed by atoms with van der Waals surface area (Å²) in [4.78, 5) is 26.8. The van der Waals surface area contributed by atoms with Gasteiger partial charge in [-0.05, 0) is 45.1 Å². The number of thioether (sulfide) groups is 1. The van der Waals surface area contributed by atoms with Crippen molar-refractivity contribution < 1.29 is 9.59 Å². The fourth-order valence-electron chi connectivity index (χ4n) is 4.33. The van der Waals surface area contributed by atoms with Crippen LogP contribution in [0, 0.1) is 25.2 Å². The third-order valence-electron chi connectivity index (χ3n) is 6.23. The molecule has 2 amide bonds. The monoisotopic (exact) mass is 472 g/mol. The summed E-state index contributed by atoms with van der Waals surface area (Å²) < 4.78 is 2.81. The molecule has 8 nitrogen and oxygen atoms in total. The standard InChI is InChI=1S/C22H28N6O2S2/c1-4-19(30)28(16-9-10-16)21-25-26-22(32-21)31-12-18(29)24-20-17(11-23)13(2)14(3)27(20)15-7-5-6-8-15/h15-16H,4-10,12H2,1-3H3,(H,24,29). The Hall–Kier alpha value is -2.38. The molecule has 2 fully saturated rings. The van der Waals surface area contributed by atoms with Crippen molar-refractivity contribution in [1.82, 2.24) is 14.8 Å². The summed E-state index contributed by atoms with van der Waals surface area (Å²) in [5.74, 6) is 0.661. The number of nitrogens with one attached hydrogen (secondary N) is 1. The molecule has 0 radical (unpaired) electrons. The van der Waals surface area contributed by atoms with E-state index in [9.17, 15) is 14.9 Å². The lowest BCUT2D eigenvalue weighted by molar-refractivity contribution is -0.118. The van der Waals surface area contributed by atoms with E-state index in [0.717, 1.165) is 36.9 Å². The van der Waals surface area contributed by atoms with Crippen LogP contribution in [0.15, 0.2) is 4.34 Å². The first-order valence-electron chi connectivity index (χ1n) is 11.1. The Balaban J connectivity index is 1.44. The van der Waals surface area contributed by atoms with Gasteiger partial charge in [0.05, 0.1) is 11.3 Å². The molecule has 2 aromatic heterocycles. The van der Waals surface area contributed by atoms with Gasteiger partial charge in [-0.3, -0.25) is 14.5 Å². The molecule has 32 heavy (non-hydrogen) atoms. The Labute approximate surface area is 196 Å². The Morgan fingerprint density at radius 2 is 1.97 bits per heavy atom. The summed E-state index contributed by atoms with van der Waals surface area (Å²) in [6, 6.07) is 2.84. The van der Waals surface area contributed by atoms with Crippen LogP contribution < -0.4 is 10.2 Å². The predicted molar refractivity (Wildman–Crippen MR) is 126 cm³/mol. The third-order valence-corrected chi connectivity index (χ3v) is 8.28. The van der Waals surface area contributed by atoms with Gasteiger partial charge in [0.25, 0.3) is 0 Å². The first-order valence-corrected chi connectivity index (χ1v) is 12.9. The maximum Gasteiger partial charge on any atom is 0.235 e. The molecule has 2 heterocycles. The number of aromatic nitrogens is 3. The zero-order chi connectivity index (χ0) is 22.8. The number of rotatable bonds is 8. The molecular formula is C22H28N6O2S2. The third kappa shape index (κ3) is 4.55.